The SMILES string of the molecule is CC1(NC(=O)Cn2cnnn2)CCCCCC1. The Morgan fingerprint density at radius 1 is 1.35 bits per heavy atom. The maximum absolute atomic E-state index is 11.9. The van der Waals surface area contributed by atoms with E-state index in [4.69, 9.17) is 0 Å². The fraction of sp³-hybridized carbons (Fsp3) is 0.818. The molecule has 0 aromatic carbocycles. The molecule has 0 unspecified atom stereocenters. The number of nitrogens with one attached hydrogen (secondary N) is 1. The first kappa shape index (κ1) is 12.0. The number of rotatable bonds is 3. The van der Waals surface area contributed by atoms with Crippen LogP contribution in [0.15, 0.2) is 6.33 Å². The normalized spacial score (nSPS) is 19.6. The lowest BCUT2D eigenvalue weighted by molar-refractivity contribution is -0.123. The number of carbonyl (C=O) groups excluding carboxylic acids is 1. The van der Waals surface area contributed by atoms with Gasteiger partial charge in [0.25, 0.3) is 0 Å². The summed E-state index contributed by atoms with van der Waals surface area (Å²) in [5.74, 6) is -0.0123. The summed E-state index contributed by atoms with van der Waals surface area (Å²) in [5.41, 5.74) is -0.0540. The lowest BCUT2D eigenvalue weighted by Crippen LogP contribution is -2.46. The molecule has 1 aromatic rings. The van der Waals surface area contributed by atoms with Crippen LogP contribution in [0.25, 0.3) is 0 Å². The second-order valence-corrected chi connectivity index (χ2v) is 5.03. The molecule has 94 valence electrons. The average molecular weight is 237 g/mol. The van der Waals surface area contributed by atoms with Crippen molar-refractivity contribution in [2.24, 2.45) is 0 Å². The Labute approximate surface area is 101 Å². The summed E-state index contributed by atoms with van der Waals surface area (Å²) < 4.78 is 1.44. The maximum atomic E-state index is 11.9. The minimum atomic E-state index is -0.0540. The molecular formula is C11H19N5O. The molecule has 0 spiro atoms. The Balaban J connectivity index is 1.88. The lowest BCUT2D eigenvalue weighted by atomic mass is 9.92. The smallest absolute Gasteiger partial charge is 0.242 e. The topological polar surface area (TPSA) is 72.7 Å². The van der Waals surface area contributed by atoms with Crippen LogP contribution in [0.1, 0.15) is 45.4 Å². The van der Waals surface area contributed by atoms with Gasteiger partial charge in [-0.25, -0.2) is 4.68 Å². The van der Waals surface area contributed by atoms with E-state index in [-0.39, 0.29) is 18.0 Å². The average Bonchev–Trinajstić information content (AvgIpc) is 2.67. The van der Waals surface area contributed by atoms with Crippen molar-refractivity contribution in [2.45, 2.75) is 57.5 Å². The summed E-state index contributed by atoms with van der Waals surface area (Å²) in [5, 5.41) is 13.8. The third kappa shape index (κ3) is 3.51. The van der Waals surface area contributed by atoms with Crippen molar-refractivity contribution in [3.8, 4) is 0 Å². The molecule has 17 heavy (non-hydrogen) atoms. The van der Waals surface area contributed by atoms with E-state index in [0.717, 1.165) is 12.8 Å². The van der Waals surface area contributed by atoms with Gasteiger partial charge in [-0.05, 0) is 30.2 Å². The van der Waals surface area contributed by atoms with E-state index in [0.29, 0.717) is 0 Å². The Kier molecular flexibility index (Phi) is 3.71. The molecule has 0 saturated heterocycles. The number of aromatic nitrogens is 4. The molecule has 1 aliphatic rings. The number of hydrogen-bond donors (Lipinski definition) is 1. The van der Waals surface area contributed by atoms with Gasteiger partial charge >= 0.3 is 0 Å². The van der Waals surface area contributed by atoms with Crippen LogP contribution in [0.3, 0.4) is 0 Å². The van der Waals surface area contributed by atoms with Crippen molar-refractivity contribution in [2.75, 3.05) is 0 Å². The van der Waals surface area contributed by atoms with Gasteiger partial charge in [-0.15, -0.1) is 5.10 Å². The van der Waals surface area contributed by atoms with E-state index in [1.54, 1.807) is 0 Å². The lowest BCUT2D eigenvalue weighted by Gasteiger charge is -2.29. The standard InChI is InChI=1S/C11H19N5O/c1-11(6-4-2-3-5-7-11)13-10(17)8-16-9-12-14-15-16/h9H,2-8H2,1H3,(H,13,17). The molecule has 1 aliphatic carbocycles. The van der Waals surface area contributed by atoms with Gasteiger partial charge in [0.05, 0.1) is 0 Å². The highest BCUT2D eigenvalue weighted by Crippen LogP contribution is 2.26. The minimum Gasteiger partial charge on any atom is -0.349 e. The van der Waals surface area contributed by atoms with E-state index in [9.17, 15) is 4.79 Å². The summed E-state index contributed by atoms with van der Waals surface area (Å²) >= 11 is 0. The molecule has 1 N–H and O–H groups in total. The predicted molar refractivity (Wildman–Crippen MR) is 62.1 cm³/mol. The van der Waals surface area contributed by atoms with Crippen molar-refractivity contribution in [1.29, 1.82) is 0 Å². The van der Waals surface area contributed by atoms with Crippen LogP contribution in [-0.4, -0.2) is 31.7 Å². The van der Waals surface area contributed by atoms with Gasteiger partial charge in [0.15, 0.2) is 0 Å². The van der Waals surface area contributed by atoms with Crippen LogP contribution in [-0.2, 0) is 11.3 Å². The molecule has 1 heterocycles. The fourth-order valence-corrected chi connectivity index (χ4v) is 2.41. The Morgan fingerprint density at radius 3 is 2.65 bits per heavy atom. The second kappa shape index (κ2) is 5.25. The van der Waals surface area contributed by atoms with Gasteiger partial charge in [0, 0.05) is 5.54 Å². The zero-order chi connectivity index (χ0) is 12.1. The van der Waals surface area contributed by atoms with Crippen LogP contribution in [0.5, 0.6) is 0 Å². The zero-order valence-electron chi connectivity index (χ0n) is 10.2. The van der Waals surface area contributed by atoms with E-state index in [1.807, 2.05) is 0 Å². The van der Waals surface area contributed by atoms with Gasteiger partial charge in [-0.2, -0.15) is 0 Å². The summed E-state index contributed by atoms with van der Waals surface area (Å²) in [6, 6.07) is 0. The van der Waals surface area contributed by atoms with Gasteiger partial charge in [-0.3, -0.25) is 4.79 Å². The van der Waals surface area contributed by atoms with Gasteiger partial charge < -0.3 is 5.32 Å². The highest BCUT2D eigenvalue weighted by Gasteiger charge is 2.27. The van der Waals surface area contributed by atoms with Gasteiger partial charge in [0.1, 0.15) is 12.9 Å². The van der Waals surface area contributed by atoms with Crippen molar-refractivity contribution >= 4 is 5.91 Å². The Hall–Kier alpha value is -1.46. The molecule has 6 heteroatoms. The third-order valence-electron chi connectivity index (χ3n) is 3.35. The molecule has 6 nitrogen and oxygen atoms in total. The monoisotopic (exact) mass is 237 g/mol. The number of carbonyl (C=O) groups is 1. The highest BCUT2D eigenvalue weighted by molar-refractivity contribution is 5.76. The van der Waals surface area contributed by atoms with Crippen LogP contribution in [0, 0.1) is 0 Å². The van der Waals surface area contributed by atoms with E-state index in [1.165, 1.54) is 36.7 Å². The van der Waals surface area contributed by atoms with Gasteiger partial charge in [-0.1, -0.05) is 25.7 Å². The molecule has 2 rings (SSSR count). The van der Waals surface area contributed by atoms with Crippen molar-refractivity contribution < 1.29 is 4.79 Å². The Morgan fingerprint density at radius 2 is 2.06 bits per heavy atom. The number of nitrogens with zero attached hydrogens (tertiary/aromatic N) is 4. The van der Waals surface area contributed by atoms with E-state index < -0.39 is 0 Å². The van der Waals surface area contributed by atoms with E-state index >= 15 is 0 Å². The van der Waals surface area contributed by atoms with Crippen LogP contribution < -0.4 is 5.32 Å². The minimum absolute atomic E-state index is 0.0123. The molecule has 0 bridgehead atoms. The number of tetrazole rings is 1. The summed E-state index contributed by atoms with van der Waals surface area (Å²) in [4.78, 5) is 11.9. The molecule has 0 atom stereocenters. The summed E-state index contributed by atoms with van der Waals surface area (Å²) in [6.45, 7) is 2.33. The van der Waals surface area contributed by atoms with Crippen molar-refractivity contribution in [3.05, 3.63) is 6.33 Å². The first-order valence-corrected chi connectivity index (χ1v) is 6.20. The molecule has 0 radical (unpaired) electrons. The number of hydrogen-bond acceptors (Lipinski definition) is 4. The largest absolute Gasteiger partial charge is 0.349 e. The zero-order valence-corrected chi connectivity index (χ0v) is 10.2. The molecule has 0 aliphatic heterocycles. The number of amides is 1. The molecule has 1 fully saturated rings. The Bertz CT molecular complexity index is 354. The highest BCUT2D eigenvalue weighted by atomic mass is 16.2. The fourth-order valence-electron chi connectivity index (χ4n) is 2.41. The second-order valence-electron chi connectivity index (χ2n) is 5.03. The third-order valence-corrected chi connectivity index (χ3v) is 3.35. The van der Waals surface area contributed by atoms with Crippen LogP contribution in [0.4, 0.5) is 0 Å². The molecular weight excluding hydrogens is 218 g/mol. The van der Waals surface area contributed by atoms with Crippen LogP contribution in [0.2, 0.25) is 0 Å². The molecule has 1 aromatic heterocycles. The van der Waals surface area contributed by atoms with Gasteiger partial charge in [0.2, 0.25) is 5.91 Å². The van der Waals surface area contributed by atoms with Crippen molar-refractivity contribution in [3.63, 3.8) is 0 Å². The van der Waals surface area contributed by atoms with Crippen molar-refractivity contribution in [1.82, 2.24) is 25.5 Å². The van der Waals surface area contributed by atoms with Crippen LogP contribution >= 0.6 is 0 Å². The summed E-state index contributed by atoms with van der Waals surface area (Å²) in [6.07, 6.45) is 8.53. The quantitative estimate of drug-likeness (QED) is 0.793. The first-order chi connectivity index (χ1) is 8.18. The first-order valence-electron chi connectivity index (χ1n) is 6.20. The molecule has 1 amide bonds. The summed E-state index contributed by atoms with van der Waals surface area (Å²) in [7, 11) is 0. The van der Waals surface area contributed by atoms with E-state index in [2.05, 4.69) is 27.8 Å². The maximum Gasteiger partial charge on any atom is 0.242 e. The molecule has 1 saturated carbocycles. The predicted octanol–water partition coefficient (Wildman–Crippen LogP) is 0.902.